The van der Waals surface area contributed by atoms with E-state index in [1.54, 1.807) is 0 Å². The van der Waals surface area contributed by atoms with Crippen LogP contribution in [0.1, 0.15) is 19.3 Å². The van der Waals surface area contributed by atoms with Gasteiger partial charge in [-0.25, -0.2) is 26.7 Å². The third-order valence-electron chi connectivity index (χ3n) is 2.89. The fraction of sp³-hybridized carbons (Fsp3) is 0.400. The van der Waals surface area contributed by atoms with Gasteiger partial charge in [0.2, 0.25) is 20.0 Å². The third-order valence-corrected chi connectivity index (χ3v) is 5.36. The van der Waals surface area contributed by atoms with Crippen molar-refractivity contribution in [3.8, 4) is 0 Å². The summed E-state index contributed by atoms with van der Waals surface area (Å²) < 4.78 is 48.4. The number of nitrogens with one attached hydrogen (secondary N) is 1. The number of primary sulfonamides is 1. The Bertz CT molecular complexity index is 631. The minimum absolute atomic E-state index is 0.00656. The molecule has 0 saturated heterocycles. The average molecular weight is 290 g/mol. The van der Waals surface area contributed by atoms with Crippen LogP contribution in [0.15, 0.2) is 34.1 Å². The molecule has 0 spiro atoms. The SMILES string of the molecule is NS(=O)(=O)c1ccc(S(=O)(=O)NC2CCC2)cc1. The van der Waals surface area contributed by atoms with Gasteiger partial charge in [0.05, 0.1) is 9.79 Å². The molecule has 0 atom stereocenters. The maximum atomic E-state index is 11.9. The first-order valence-electron chi connectivity index (χ1n) is 5.44. The number of nitrogens with two attached hydrogens (primary N) is 1. The molecule has 8 heteroatoms. The van der Waals surface area contributed by atoms with Crippen LogP contribution in [0.5, 0.6) is 0 Å². The molecule has 18 heavy (non-hydrogen) atoms. The van der Waals surface area contributed by atoms with E-state index in [4.69, 9.17) is 5.14 Å². The lowest BCUT2D eigenvalue weighted by Crippen LogP contribution is -2.39. The second-order valence-electron chi connectivity index (χ2n) is 4.27. The Morgan fingerprint density at radius 3 is 1.89 bits per heavy atom. The van der Waals surface area contributed by atoms with Crippen molar-refractivity contribution >= 4 is 20.0 Å². The number of sulfonamides is 2. The summed E-state index contributed by atoms with van der Waals surface area (Å²) >= 11 is 0. The molecule has 1 aliphatic carbocycles. The maximum absolute atomic E-state index is 11.9. The van der Waals surface area contributed by atoms with Crippen LogP contribution in [0.25, 0.3) is 0 Å². The molecule has 1 fully saturated rings. The Kier molecular flexibility index (Phi) is 3.45. The molecule has 1 aliphatic rings. The first-order valence-corrected chi connectivity index (χ1v) is 8.47. The molecule has 100 valence electrons. The Hall–Kier alpha value is -0.960. The molecular weight excluding hydrogens is 276 g/mol. The summed E-state index contributed by atoms with van der Waals surface area (Å²) in [6.07, 6.45) is 2.71. The van der Waals surface area contributed by atoms with Crippen LogP contribution in [0.2, 0.25) is 0 Å². The van der Waals surface area contributed by atoms with Gasteiger partial charge in [-0.05, 0) is 37.1 Å². The molecule has 6 nitrogen and oxygen atoms in total. The largest absolute Gasteiger partial charge is 0.240 e. The Balaban J connectivity index is 2.23. The normalized spacial score (nSPS) is 17.4. The van der Waals surface area contributed by atoms with Gasteiger partial charge in [0, 0.05) is 6.04 Å². The monoisotopic (exact) mass is 290 g/mol. The van der Waals surface area contributed by atoms with Crippen LogP contribution in [0, 0.1) is 0 Å². The van der Waals surface area contributed by atoms with E-state index in [1.165, 1.54) is 24.3 Å². The van der Waals surface area contributed by atoms with Gasteiger partial charge in [0.15, 0.2) is 0 Å². The molecule has 1 aromatic rings. The first-order chi connectivity index (χ1) is 8.29. The summed E-state index contributed by atoms with van der Waals surface area (Å²) in [5, 5.41) is 4.93. The number of hydrogen-bond donors (Lipinski definition) is 2. The van der Waals surface area contributed by atoms with Crippen molar-refractivity contribution in [3.63, 3.8) is 0 Å². The van der Waals surface area contributed by atoms with Crippen molar-refractivity contribution in [1.29, 1.82) is 0 Å². The predicted octanol–water partition coefficient (Wildman–Crippen LogP) is 0.165. The topological polar surface area (TPSA) is 106 Å². The molecule has 0 unspecified atom stereocenters. The van der Waals surface area contributed by atoms with Crippen LogP contribution in [-0.4, -0.2) is 22.9 Å². The molecule has 0 aliphatic heterocycles. The van der Waals surface area contributed by atoms with Gasteiger partial charge in [0.25, 0.3) is 0 Å². The van der Waals surface area contributed by atoms with Gasteiger partial charge in [0.1, 0.15) is 0 Å². The molecule has 0 bridgehead atoms. The van der Waals surface area contributed by atoms with Gasteiger partial charge in [-0.1, -0.05) is 6.42 Å². The molecule has 1 saturated carbocycles. The van der Waals surface area contributed by atoms with E-state index in [2.05, 4.69) is 4.72 Å². The predicted molar refractivity (Wildman–Crippen MR) is 65.8 cm³/mol. The van der Waals surface area contributed by atoms with E-state index < -0.39 is 20.0 Å². The highest BCUT2D eigenvalue weighted by Gasteiger charge is 2.24. The van der Waals surface area contributed by atoms with E-state index in [0.717, 1.165) is 19.3 Å². The van der Waals surface area contributed by atoms with Crippen molar-refractivity contribution < 1.29 is 16.8 Å². The third kappa shape index (κ3) is 2.89. The van der Waals surface area contributed by atoms with Crippen LogP contribution in [0.3, 0.4) is 0 Å². The maximum Gasteiger partial charge on any atom is 0.240 e. The summed E-state index contributed by atoms with van der Waals surface area (Å²) in [7, 11) is -7.37. The first kappa shape index (κ1) is 13.5. The molecule has 0 heterocycles. The zero-order valence-corrected chi connectivity index (χ0v) is 11.2. The Labute approximate surface area is 106 Å². The molecule has 1 aromatic carbocycles. The van der Waals surface area contributed by atoms with Gasteiger partial charge in [-0.3, -0.25) is 0 Å². The summed E-state index contributed by atoms with van der Waals surface area (Å²) in [6.45, 7) is 0. The van der Waals surface area contributed by atoms with Crippen LogP contribution in [-0.2, 0) is 20.0 Å². The van der Waals surface area contributed by atoms with Gasteiger partial charge < -0.3 is 0 Å². The summed E-state index contributed by atoms with van der Waals surface area (Å²) in [5.74, 6) is 0. The molecule has 0 amide bonds. The quantitative estimate of drug-likeness (QED) is 0.824. The number of benzene rings is 1. The summed E-state index contributed by atoms with van der Waals surface area (Å²) in [6, 6.07) is 4.84. The minimum Gasteiger partial charge on any atom is -0.225 e. The molecular formula is C10H14N2O4S2. The van der Waals surface area contributed by atoms with Gasteiger partial charge in [-0.2, -0.15) is 0 Å². The second-order valence-corrected chi connectivity index (χ2v) is 7.54. The van der Waals surface area contributed by atoms with Gasteiger partial charge >= 0.3 is 0 Å². The lowest BCUT2D eigenvalue weighted by molar-refractivity contribution is 0.383. The fourth-order valence-electron chi connectivity index (χ4n) is 1.62. The van der Waals surface area contributed by atoms with Crippen molar-refractivity contribution in [2.24, 2.45) is 5.14 Å². The van der Waals surface area contributed by atoms with Crippen molar-refractivity contribution in [2.45, 2.75) is 35.1 Å². The smallest absolute Gasteiger partial charge is 0.225 e. The zero-order chi connectivity index (χ0) is 13.4. The Morgan fingerprint density at radius 2 is 1.50 bits per heavy atom. The number of hydrogen-bond acceptors (Lipinski definition) is 4. The molecule has 2 rings (SSSR count). The van der Waals surface area contributed by atoms with E-state index >= 15 is 0 Å². The van der Waals surface area contributed by atoms with E-state index in [-0.39, 0.29) is 15.8 Å². The summed E-state index contributed by atoms with van der Waals surface area (Å²) in [4.78, 5) is -0.0631. The lowest BCUT2D eigenvalue weighted by Gasteiger charge is -2.26. The van der Waals surface area contributed by atoms with E-state index in [9.17, 15) is 16.8 Å². The Morgan fingerprint density at radius 1 is 1.00 bits per heavy atom. The average Bonchev–Trinajstić information content (AvgIpc) is 2.23. The highest BCUT2D eigenvalue weighted by molar-refractivity contribution is 7.89. The molecule has 0 radical (unpaired) electrons. The highest BCUT2D eigenvalue weighted by atomic mass is 32.2. The summed E-state index contributed by atoms with van der Waals surface area (Å²) in [5.41, 5.74) is 0. The fourth-order valence-corrected chi connectivity index (χ4v) is 3.44. The second kappa shape index (κ2) is 4.61. The number of rotatable bonds is 4. The van der Waals surface area contributed by atoms with E-state index in [0.29, 0.717) is 0 Å². The zero-order valence-electron chi connectivity index (χ0n) is 9.53. The van der Waals surface area contributed by atoms with E-state index in [1.807, 2.05) is 0 Å². The molecule has 3 N–H and O–H groups in total. The van der Waals surface area contributed by atoms with Crippen LogP contribution < -0.4 is 9.86 Å². The van der Waals surface area contributed by atoms with Crippen molar-refractivity contribution in [3.05, 3.63) is 24.3 Å². The minimum atomic E-state index is -3.80. The van der Waals surface area contributed by atoms with Gasteiger partial charge in [-0.15, -0.1) is 0 Å². The molecule has 0 aromatic heterocycles. The highest BCUT2D eigenvalue weighted by Crippen LogP contribution is 2.21. The standard InChI is InChI=1S/C10H14N2O4S2/c11-17(13,14)9-4-6-10(7-5-9)18(15,16)12-8-2-1-3-8/h4-8,12H,1-3H2,(H2,11,13,14). The van der Waals surface area contributed by atoms with Crippen LogP contribution >= 0.6 is 0 Å². The van der Waals surface area contributed by atoms with Crippen molar-refractivity contribution in [2.75, 3.05) is 0 Å². The lowest BCUT2D eigenvalue weighted by atomic mass is 9.94. The van der Waals surface area contributed by atoms with Crippen LogP contribution in [0.4, 0.5) is 0 Å². The van der Waals surface area contributed by atoms with Crippen molar-refractivity contribution in [1.82, 2.24) is 4.72 Å².